The summed E-state index contributed by atoms with van der Waals surface area (Å²) in [4.78, 5) is 51.1. The summed E-state index contributed by atoms with van der Waals surface area (Å²) in [6.07, 6.45) is 2.63. The number of aromatic nitrogens is 3. The molecule has 0 aliphatic rings. The van der Waals surface area contributed by atoms with Crippen LogP contribution < -0.4 is 16.1 Å². The first-order valence-electron chi connectivity index (χ1n) is 8.84. The van der Waals surface area contributed by atoms with Gasteiger partial charge in [0.15, 0.2) is 11.1 Å². The summed E-state index contributed by atoms with van der Waals surface area (Å²) in [5.41, 5.74) is 1.23. The molecule has 4 N–H and O–H groups in total. The Morgan fingerprint density at radius 3 is 2.55 bits per heavy atom. The van der Waals surface area contributed by atoms with Crippen LogP contribution in [0, 0.1) is 0 Å². The highest BCUT2D eigenvalue weighted by molar-refractivity contribution is 6.01. The highest BCUT2D eigenvalue weighted by Gasteiger charge is 2.19. The molecule has 0 radical (unpaired) electrons. The SMILES string of the molecule is O=C(O)CNC(=O)CNC(=O)c1c(=O)cc(CCc2ccccc2)n2[nH]cnc12. The summed E-state index contributed by atoms with van der Waals surface area (Å²) >= 11 is 0. The Kier molecular flexibility index (Phi) is 6.03. The van der Waals surface area contributed by atoms with Crippen LogP contribution in [-0.2, 0) is 22.4 Å². The largest absolute Gasteiger partial charge is 0.480 e. The second kappa shape index (κ2) is 8.83. The average molecular weight is 397 g/mol. The third-order valence-corrected chi connectivity index (χ3v) is 4.23. The molecule has 3 aromatic rings. The summed E-state index contributed by atoms with van der Waals surface area (Å²) < 4.78 is 1.56. The van der Waals surface area contributed by atoms with Crippen molar-refractivity contribution in [3.63, 3.8) is 0 Å². The number of hydrogen-bond acceptors (Lipinski definition) is 5. The van der Waals surface area contributed by atoms with Crippen LogP contribution >= 0.6 is 0 Å². The molecule has 2 amide bonds. The van der Waals surface area contributed by atoms with Crippen molar-refractivity contribution < 1.29 is 19.5 Å². The van der Waals surface area contributed by atoms with Crippen molar-refractivity contribution in [2.24, 2.45) is 0 Å². The van der Waals surface area contributed by atoms with Gasteiger partial charge in [0, 0.05) is 11.8 Å². The van der Waals surface area contributed by atoms with Crippen molar-refractivity contribution in [1.29, 1.82) is 0 Å². The zero-order valence-corrected chi connectivity index (χ0v) is 15.3. The van der Waals surface area contributed by atoms with E-state index in [0.29, 0.717) is 18.5 Å². The second-order valence-corrected chi connectivity index (χ2v) is 6.26. The number of carboxylic acid groups (broad SMARTS) is 1. The van der Waals surface area contributed by atoms with Gasteiger partial charge in [-0.2, -0.15) is 0 Å². The minimum Gasteiger partial charge on any atom is -0.480 e. The number of H-pyrrole nitrogens is 1. The van der Waals surface area contributed by atoms with Crippen LogP contribution in [-0.4, -0.2) is 50.6 Å². The van der Waals surface area contributed by atoms with Crippen LogP contribution in [0.2, 0.25) is 0 Å². The molecule has 2 aromatic heterocycles. The summed E-state index contributed by atoms with van der Waals surface area (Å²) in [6.45, 7) is -1.02. The molecule has 1 aromatic carbocycles. The van der Waals surface area contributed by atoms with Gasteiger partial charge in [0.05, 0.1) is 6.54 Å². The molecule has 150 valence electrons. The smallest absolute Gasteiger partial charge is 0.322 e. The minimum atomic E-state index is -1.20. The summed E-state index contributed by atoms with van der Waals surface area (Å²) in [7, 11) is 0. The van der Waals surface area contributed by atoms with E-state index in [4.69, 9.17) is 5.11 Å². The van der Waals surface area contributed by atoms with E-state index >= 15 is 0 Å². The van der Waals surface area contributed by atoms with E-state index in [1.807, 2.05) is 30.3 Å². The number of aliphatic carboxylic acids is 1. The van der Waals surface area contributed by atoms with Crippen LogP contribution in [0.5, 0.6) is 0 Å². The lowest BCUT2D eigenvalue weighted by molar-refractivity contribution is -0.137. The van der Waals surface area contributed by atoms with Gasteiger partial charge >= 0.3 is 5.97 Å². The number of nitrogens with one attached hydrogen (secondary N) is 3. The molecule has 0 aliphatic carbocycles. The lowest BCUT2D eigenvalue weighted by Gasteiger charge is -2.09. The van der Waals surface area contributed by atoms with Crippen LogP contribution in [0.15, 0.2) is 47.5 Å². The van der Waals surface area contributed by atoms with Crippen LogP contribution in [0.4, 0.5) is 0 Å². The molecule has 2 heterocycles. The first-order chi connectivity index (χ1) is 14.0. The Morgan fingerprint density at radius 2 is 1.83 bits per heavy atom. The average Bonchev–Trinajstić information content (AvgIpc) is 3.19. The van der Waals surface area contributed by atoms with Gasteiger partial charge in [0.2, 0.25) is 5.91 Å². The van der Waals surface area contributed by atoms with Crippen LogP contribution in [0.1, 0.15) is 21.6 Å². The van der Waals surface area contributed by atoms with Gasteiger partial charge in [-0.3, -0.25) is 24.3 Å². The number of pyridine rings is 1. The predicted octanol–water partition coefficient (Wildman–Crippen LogP) is -0.262. The lowest BCUT2D eigenvalue weighted by Crippen LogP contribution is -2.40. The number of carbonyl (C=O) groups is 3. The van der Waals surface area contributed by atoms with Crippen molar-refractivity contribution in [2.45, 2.75) is 12.8 Å². The quantitative estimate of drug-likeness (QED) is 0.412. The number of rotatable bonds is 8. The van der Waals surface area contributed by atoms with E-state index < -0.39 is 36.3 Å². The molecule has 29 heavy (non-hydrogen) atoms. The fourth-order valence-corrected chi connectivity index (χ4v) is 2.86. The van der Waals surface area contributed by atoms with Crippen molar-refractivity contribution in [2.75, 3.05) is 13.1 Å². The zero-order valence-electron chi connectivity index (χ0n) is 15.3. The maximum Gasteiger partial charge on any atom is 0.322 e. The van der Waals surface area contributed by atoms with E-state index in [0.717, 1.165) is 5.56 Å². The number of fused-ring (bicyclic) bond motifs is 1. The maximum atomic E-state index is 12.6. The Labute approximate surface area is 164 Å². The van der Waals surface area contributed by atoms with Gasteiger partial charge in [-0.25, -0.2) is 9.50 Å². The molecule has 0 bridgehead atoms. The highest BCUT2D eigenvalue weighted by atomic mass is 16.4. The maximum absolute atomic E-state index is 12.6. The Balaban J connectivity index is 1.76. The molecule has 3 rings (SSSR count). The molecule has 0 atom stereocenters. The van der Waals surface area contributed by atoms with Crippen LogP contribution in [0.25, 0.3) is 5.65 Å². The standard InChI is InChI=1S/C19H19N5O5/c25-14-8-13(7-6-12-4-2-1-3-5-12)24-18(22-11-23-24)17(14)19(29)21-9-15(26)20-10-16(27)28/h1-5,8,11H,6-7,9-10H2,(H,20,26)(H,21,29)(H,22,23)(H,27,28). The summed E-state index contributed by atoms with van der Waals surface area (Å²) in [6, 6.07) is 11.2. The van der Waals surface area contributed by atoms with Gasteiger partial charge in [0.1, 0.15) is 18.4 Å². The zero-order chi connectivity index (χ0) is 20.8. The topological polar surface area (TPSA) is 146 Å². The fraction of sp³-hybridized carbons (Fsp3) is 0.211. The first-order valence-corrected chi connectivity index (χ1v) is 8.84. The van der Waals surface area contributed by atoms with E-state index in [2.05, 4.69) is 20.7 Å². The van der Waals surface area contributed by atoms with Gasteiger partial charge < -0.3 is 15.7 Å². The molecule has 10 heteroatoms. The molecule has 10 nitrogen and oxygen atoms in total. The van der Waals surface area contributed by atoms with E-state index in [-0.39, 0.29) is 11.2 Å². The fourth-order valence-electron chi connectivity index (χ4n) is 2.86. The minimum absolute atomic E-state index is 0.156. The van der Waals surface area contributed by atoms with Gasteiger partial charge in [-0.05, 0) is 18.4 Å². The van der Waals surface area contributed by atoms with E-state index in [1.54, 1.807) is 4.52 Å². The monoisotopic (exact) mass is 397 g/mol. The summed E-state index contributed by atoms with van der Waals surface area (Å²) in [5.74, 6) is -2.65. The van der Waals surface area contributed by atoms with Crippen molar-refractivity contribution >= 4 is 23.4 Å². The van der Waals surface area contributed by atoms with E-state index in [1.165, 1.54) is 12.4 Å². The second-order valence-electron chi connectivity index (χ2n) is 6.26. The summed E-state index contributed by atoms with van der Waals surface area (Å²) in [5, 5.41) is 15.9. The Bertz CT molecular complexity index is 1100. The molecule has 0 saturated carbocycles. The number of nitrogens with zero attached hydrogens (tertiary/aromatic N) is 2. The third kappa shape index (κ3) is 4.86. The van der Waals surface area contributed by atoms with Crippen molar-refractivity contribution in [3.05, 3.63) is 69.8 Å². The molecule has 0 saturated heterocycles. The number of benzene rings is 1. The van der Waals surface area contributed by atoms with Gasteiger partial charge in [-0.1, -0.05) is 30.3 Å². The number of amides is 2. The molecule has 0 unspecified atom stereocenters. The lowest BCUT2D eigenvalue weighted by atomic mass is 10.1. The molecular weight excluding hydrogens is 378 g/mol. The number of carbonyl (C=O) groups excluding carboxylic acids is 2. The Morgan fingerprint density at radius 1 is 1.07 bits per heavy atom. The van der Waals surface area contributed by atoms with Gasteiger partial charge in [0.25, 0.3) is 5.91 Å². The van der Waals surface area contributed by atoms with Crippen molar-refractivity contribution in [1.82, 2.24) is 25.2 Å². The first kappa shape index (κ1) is 19.8. The number of aryl methyl sites for hydroxylation is 2. The number of carboxylic acids is 1. The normalized spacial score (nSPS) is 10.6. The number of aromatic amines is 1. The van der Waals surface area contributed by atoms with E-state index in [9.17, 15) is 19.2 Å². The molecule has 0 fully saturated rings. The molecule has 0 aliphatic heterocycles. The highest BCUT2D eigenvalue weighted by Crippen LogP contribution is 2.10. The third-order valence-electron chi connectivity index (χ3n) is 4.23. The number of hydrogen-bond donors (Lipinski definition) is 4. The van der Waals surface area contributed by atoms with Crippen molar-refractivity contribution in [3.8, 4) is 0 Å². The molecular formula is C19H19N5O5. The Hall–Kier alpha value is -3.95. The van der Waals surface area contributed by atoms with Gasteiger partial charge in [-0.15, -0.1) is 0 Å². The predicted molar refractivity (Wildman–Crippen MR) is 103 cm³/mol. The molecule has 0 spiro atoms. The van der Waals surface area contributed by atoms with Crippen LogP contribution in [0.3, 0.4) is 0 Å².